The van der Waals surface area contributed by atoms with E-state index in [9.17, 15) is 9.18 Å². The van der Waals surface area contributed by atoms with Crippen LogP contribution in [0.3, 0.4) is 0 Å². The molecule has 1 aromatic rings. The van der Waals surface area contributed by atoms with E-state index >= 15 is 0 Å². The number of rotatable bonds is 3. The number of halogens is 2. The Morgan fingerprint density at radius 1 is 1.44 bits per heavy atom. The van der Waals surface area contributed by atoms with Gasteiger partial charge in [0.15, 0.2) is 0 Å². The Morgan fingerprint density at radius 3 is 2.83 bits per heavy atom. The average molecular weight is 271 g/mol. The summed E-state index contributed by atoms with van der Waals surface area (Å²) in [4.78, 5) is 11.9. The Labute approximate surface area is 111 Å². The molecule has 0 atom stereocenters. The number of piperidine rings is 1. The van der Waals surface area contributed by atoms with Crippen LogP contribution >= 0.6 is 11.6 Å². The Bertz CT molecular complexity index is 433. The molecule has 0 spiro atoms. The highest BCUT2D eigenvalue weighted by atomic mass is 35.5. The van der Waals surface area contributed by atoms with Gasteiger partial charge in [-0.2, -0.15) is 0 Å². The number of carbonyl (C=O) groups is 1. The summed E-state index contributed by atoms with van der Waals surface area (Å²) in [5.74, 6) is -0.288. The van der Waals surface area contributed by atoms with Crippen LogP contribution in [0.1, 0.15) is 18.4 Å². The first-order valence-corrected chi connectivity index (χ1v) is 6.47. The quantitative estimate of drug-likeness (QED) is 0.883. The van der Waals surface area contributed by atoms with Gasteiger partial charge in [-0.05, 0) is 43.6 Å². The van der Waals surface area contributed by atoms with Crippen molar-refractivity contribution in [1.82, 2.24) is 10.6 Å². The lowest BCUT2D eigenvalue weighted by Crippen LogP contribution is -2.37. The van der Waals surface area contributed by atoms with Gasteiger partial charge in [0, 0.05) is 12.5 Å². The molecule has 0 radical (unpaired) electrons. The fraction of sp³-hybridized carbons (Fsp3) is 0.462. The van der Waals surface area contributed by atoms with Crippen molar-refractivity contribution in [1.29, 1.82) is 0 Å². The molecule has 1 aromatic carbocycles. The Hall–Kier alpha value is -1.13. The number of hydrogen-bond donors (Lipinski definition) is 2. The summed E-state index contributed by atoms with van der Waals surface area (Å²) in [5, 5.41) is 6.17. The van der Waals surface area contributed by atoms with Crippen LogP contribution in [0.15, 0.2) is 18.2 Å². The molecule has 0 bridgehead atoms. The maximum Gasteiger partial charge on any atom is 0.223 e. The molecule has 1 aliphatic rings. The first-order chi connectivity index (χ1) is 8.66. The van der Waals surface area contributed by atoms with Crippen LogP contribution in [0.5, 0.6) is 0 Å². The monoisotopic (exact) mass is 270 g/mol. The zero-order valence-electron chi connectivity index (χ0n) is 10.0. The molecular formula is C13H16ClFN2O. The maximum absolute atomic E-state index is 13.0. The molecule has 1 saturated heterocycles. The number of carbonyl (C=O) groups excluding carboxylic acids is 1. The fourth-order valence-corrected chi connectivity index (χ4v) is 2.27. The van der Waals surface area contributed by atoms with Crippen molar-refractivity contribution in [3.05, 3.63) is 34.6 Å². The summed E-state index contributed by atoms with van der Waals surface area (Å²) in [6.07, 6.45) is 1.74. The molecule has 0 unspecified atom stereocenters. The van der Waals surface area contributed by atoms with E-state index in [1.165, 1.54) is 6.07 Å². The molecule has 1 aliphatic heterocycles. The predicted octanol–water partition coefficient (Wildman–Crippen LogP) is 2.09. The van der Waals surface area contributed by atoms with Crippen molar-refractivity contribution in [2.45, 2.75) is 19.4 Å². The number of amides is 1. The van der Waals surface area contributed by atoms with Gasteiger partial charge in [0.1, 0.15) is 5.82 Å². The van der Waals surface area contributed by atoms with E-state index in [1.54, 1.807) is 12.1 Å². The third-order valence-electron chi connectivity index (χ3n) is 3.16. The van der Waals surface area contributed by atoms with Gasteiger partial charge in [0.2, 0.25) is 5.91 Å². The lowest BCUT2D eigenvalue weighted by molar-refractivity contribution is -0.125. The smallest absolute Gasteiger partial charge is 0.223 e. The van der Waals surface area contributed by atoms with Gasteiger partial charge in [-0.15, -0.1) is 0 Å². The number of nitrogens with one attached hydrogen (secondary N) is 2. The molecule has 3 nitrogen and oxygen atoms in total. The molecule has 1 amide bonds. The zero-order valence-corrected chi connectivity index (χ0v) is 10.8. The van der Waals surface area contributed by atoms with Crippen molar-refractivity contribution in [3.63, 3.8) is 0 Å². The maximum atomic E-state index is 13.0. The summed E-state index contributed by atoms with van der Waals surface area (Å²) in [6, 6.07) is 4.48. The van der Waals surface area contributed by atoms with E-state index < -0.39 is 5.82 Å². The van der Waals surface area contributed by atoms with Crippen LogP contribution < -0.4 is 10.6 Å². The van der Waals surface area contributed by atoms with Crippen molar-refractivity contribution in [2.24, 2.45) is 5.92 Å². The van der Waals surface area contributed by atoms with E-state index in [0.717, 1.165) is 31.5 Å². The van der Waals surface area contributed by atoms with Gasteiger partial charge in [-0.25, -0.2) is 4.39 Å². The predicted molar refractivity (Wildman–Crippen MR) is 68.9 cm³/mol. The third-order valence-corrected chi connectivity index (χ3v) is 3.45. The van der Waals surface area contributed by atoms with Crippen molar-refractivity contribution < 1.29 is 9.18 Å². The lowest BCUT2D eigenvalue weighted by Gasteiger charge is -2.21. The van der Waals surface area contributed by atoms with Crippen LogP contribution in [-0.4, -0.2) is 19.0 Å². The minimum Gasteiger partial charge on any atom is -0.352 e. The highest BCUT2D eigenvalue weighted by Crippen LogP contribution is 2.16. The lowest BCUT2D eigenvalue weighted by atomic mass is 9.97. The molecule has 1 heterocycles. The van der Waals surface area contributed by atoms with Gasteiger partial charge in [-0.1, -0.05) is 17.7 Å². The summed E-state index contributed by atoms with van der Waals surface area (Å²) >= 11 is 5.68. The summed E-state index contributed by atoms with van der Waals surface area (Å²) in [7, 11) is 0. The van der Waals surface area contributed by atoms with E-state index in [2.05, 4.69) is 10.6 Å². The molecular weight excluding hydrogens is 255 g/mol. The molecule has 18 heavy (non-hydrogen) atoms. The van der Waals surface area contributed by atoms with Gasteiger partial charge < -0.3 is 10.6 Å². The topological polar surface area (TPSA) is 41.1 Å². The first kappa shape index (κ1) is 13.3. The molecule has 98 valence electrons. The van der Waals surface area contributed by atoms with E-state index in [1.807, 2.05) is 0 Å². The Morgan fingerprint density at radius 2 is 2.17 bits per heavy atom. The summed E-state index contributed by atoms with van der Waals surface area (Å²) < 4.78 is 13.0. The second-order valence-corrected chi connectivity index (χ2v) is 4.90. The van der Waals surface area contributed by atoms with Crippen molar-refractivity contribution in [2.75, 3.05) is 13.1 Å². The highest BCUT2D eigenvalue weighted by Gasteiger charge is 2.20. The minimum absolute atomic E-state index is 0.0666. The van der Waals surface area contributed by atoms with Gasteiger partial charge >= 0.3 is 0 Å². The Kier molecular flexibility index (Phi) is 4.55. The van der Waals surface area contributed by atoms with E-state index in [4.69, 9.17) is 11.6 Å². The minimum atomic E-state index is -0.440. The molecule has 2 N–H and O–H groups in total. The normalized spacial score (nSPS) is 16.6. The summed E-state index contributed by atoms with van der Waals surface area (Å²) in [5.41, 5.74) is 0.809. The number of hydrogen-bond acceptors (Lipinski definition) is 2. The second-order valence-electron chi connectivity index (χ2n) is 4.49. The molecule has 0 aliphatic carbocycles. The molecule has 0 saturated carbocycles. The summed E-state index contributed by atoms with van der Waals surface area (Å²) in [6.45, 7) is 2.17. The molecule has 0 aromatic heterocycles. The van der Waals surface area contributed by atoms with Gasteiger partial charge in [0.05, 0.1) is 5.02 Å². The zero-order chi connectivity index (χ0) is 13.0. The third kappa shape index (κ3) is 3.43. The largest absolute Gasteiger partial charge is 0.352 e. The van der Waals surface area contributed by atoms with Crippen LogP contribution in [0.25, 0.3) is 0 Å². The second kappa shape index (κ2) is 6.16. The SMILES string of the molecule is O=C(NCc1ccc(F)c(Cl)c1)C1CCNCC1. The van der Waals surface area contributed by atoms with Crippen molar-refractivity contribution >= 4 is 17.5 Å². The van der Waals surface area contributed by atoms with Crippen LogP contribution in [0.4, 0.5) is 4.39 Å². The Balaban J connectivity index is 1.86. The average Bonchev–Trinajstić information content (AvgIpc) is 2.41. The van der Waals surface area contributed by atoms with E-state index in [0.29, 0.717) is 6.54 Å². The number of benzene rings is 1. The van der Waals surface area contributed by atoms with Crippen LogP contribution in [0, 0.1) is 11.7 Å². The molecule has 2 rings (SSSR count). The van der Waals surface area contributed by atoms with Crippen LogP contribution in [-0.2, 0) is 11.3 Å². The standard InChI is InChI=1S/C13H16ClFN2O/c14-11-7-9(1-2-12(11)15)8-17-13(18)10-3-5-16-6-4-10/h1-2,7,10,16H,3-6,8H2,(H,17,18). The van der Waals surface area contributed by atoms with Gasteiger partial charge in [0.25, 0.3) is 0 Å². The van der Waals surface area contributed by atoms with Crippen LogP contribution in [0.2, 0.25) is 5.02 Å². The fourth-order valence-electron chi connectivity index (χ4n) is 2.07. The van der Waals surface area contributed by atoms with E-state index in [-0.39, 0.29) is 16.8 Å². The molecule has 1 fully saturated rings. The molecule has 5 heteroatoms. The first-order valence-electron chi connectivity index (χ1n) is 6.09. The van der Waals surface area contributed by atoms with Crippen molar-refractivity contribution in [3.8, 4) is 0 Å². The highest BCUT2D eigenvalue weighted by molar-refractivity contribution is 6.30. The van der Waals surface area contributed by atoms with Gasteiger partial charge in [-0.3, -0.25) is 4.79 Å².